The van der Waals surface area contributed by atoms with E-state index >= 15 is 0 Å². The Hall–Kier alpha value is -1.04. The summed E-state index contributed by atoms with van der Waals surface area (Å²) >= 11 is 0. The number of rotatable bonds is 0. The van der Waals surface area contributed by atoms with Crippen molar-refractivity contribution in [2.75, 3.05) is 0 Å². The molecular weight excluding hydrogens is 144 g/mol. The Balaban J connectivity index is 2.17. The van der Waals surface area contributed by atoms with Gasteiger partial charge in [-0.15, -0.1) is 0 Å². The molecule has 0 nitrogen and oxygen atoms in total. The lowest BCUT2D eigenvalue weighted by molar-refractivity contribution is 0.711. The Morgan fingerprint density at radius 3 is 2.67 bits per heavy atom. The third-order valence-corrected chi connectivity index (χ3v) is 3.04. The topological polar surface area (TPSA) is 0 Å². The molecule has 0 heterocycles. The highest BCUT2D eigenvalue weighted by Crippen LogP contribution is 2.64. The van der Waals surface area contributed by atoms with Crippen molar-refractivity contribution < 1.29 is 0 Å². The summed E-state index contributed by atoms with van der Waals surface area (Å²) in [5, 5.41) is 0. The molecule has 0 heteroatoms. The van der Waals surface area contributed by atoms with Gasteiger partial charge in [-0.1, -0.05) is 38.1 Å². The van der Waals surface area contributed by atoms with Crippen molar-refractivity contribution in [1.82, 2.24) is 0 Å². The van der Waals surface area contributed by atoms with E-state index in [0.29, 0.717) is 5.41 Å². The Labute approximate surface area is 72.9 Å². The van der Waals surface area contributed by atoms with Crippen LogP contribution in [0, 0.1) is 11.8 Å². The van der Waals surface area contributed by atoms with Crippen LogP contribution in [0.2, 0.25) is 0 Å². The summed E-state index contributed by atoms with van der Waals surface area (Å²) in [6.45, 7) is 4.59. The number of allylic oxidation sites excluding steroid dienone is 2. The van der Waals surface area contributed by atoms with Crippen LogP contribution in [0.15, 0.2) is 29.8 Å². The monoisotopic (exact) mass is 155 g/mol. The van der Waals surface area contributed by atoms with Crippen LogP contribution in [0.4, 0.5) is 0 Å². The van der Waals surface area contributed by atoms with E-state index in [9.17, 15) is 0 Å². The number of fused-ring (bicyclic) bond motifs is 2. The second-order valence-corrected chi connectivity index (χ2v) is 4.15. The van der Waals surface area contributed by atoms with Crippen molar-refractivity contribution in [3.8, 4) is 0 Å². The highest BCUT2D eigenvalue weighted by molar-refractivity contribution is 5.98. The van der Waals surface area contributed by atoms with Crippen LogP contribution in [0.3, 0.4) is 0 Å². The summed E-state index contributed by atoms with van der Waals surface area (Å²) in [6.07, 6.45) is 2.32. The van der Waals surface area contributed by atoms with E-state index in [0.717, 1.165) is 0 Å². The zero-order chi connectivity index (χ0) is 8.34. The zero-order valence-electron chi connectivity index (χ0n) is 7.39. The predicted octanol–water partition coefficient (Wildman–Crippen LogP) is 3.05. The smallest absolute Gasteiger partial charge is 0.0176 e. The summed E-state index contributed by atoms with van der Waals surface area (Å²) in [5.41, 5.74) is 6.36. The van der Waals surface area contributed by atoms with Gasteiger partial charge in [-0.25, -0.2) is 0 Å². The molecule has 0 saturated heterocycles. The molecule has 0 amide bonds. The summed E-state index contributed by atoms with van der Waals surface area (Å²) in [4.78, 5) is 0. The summed E-state index contributed by atoms with van der Waals surface area (Å²) in [5.74, 6) is 0. The molecule has 0 N–H and O–H groups in total. The SMILES string of the molecule is CC1(C)C2=C1c1ccccc1[CH]2. The Morgan fingerprint density at radius 2 is 1.83 bits per heavy atom. The molecule has 1 radical (unpaired) electrons. The fourth-order valence-electron chi connectivity index (χ4n) is 2.24. The van der Waals surface area contributed by atoms with Crippen LogP contribution in [0.25, 0.3) is 5.57 Å². The molecule has 2 aliphatic rings. The van der Waals surface area contributed by atoms with E-state index in [1.54, 1.807) is 11.1 Å². The van der Waals surface area contributed by atoms with Gasteiger partial charge in [0.25, 0.3) is 0 Å². The van der Waals surface area contributed by atoms with Crippen LogP contribution in [-0.4, -0.2) is 0 Å². The second-order valence-electron chi connectivity index (χ2n) is 4.15. The molecule has 59 valence electrons. The lowest BCUT2D eigenvalue weighted by Crippen LogP contribution is -2.00. The lowest BCUT2D eigenvalue weighted by atomic mass is 9.90. The van der Waals surface area contributed by atoms with Gasteiger partial charge in [-0.2, -0.15) is 0 Å². The van der Waals surface area contributed by atoms with Gasteiger partial charge in [0, 0.05) is 11.8 Å². The minimum atomic E-state index is 0.383. The van der Waals surface area contributed by atoms with Crippen molar-refractivity contribution in [3.05, 3.63) is 47.4 Å². The van der Waals surface area contributed by atoms with E-state index in [2.05, 4.69) is 44.5 Å². The average Bonchev–Trinajstić information content (AvgIpc) is 2.46. The van der Waals surface area contributed by atoms with Gasteiger partial charge in [0.1, 0.15) is 0 Å². The Kier molecular flexibility index (Phi) is 0.894. The van der Waals surface area contributed by atoms with Gasteiger partial charge < -0.3 is 0 Å². The first-order valence-corrected chi connectivity index (χ1v) is 4.40. The number of hydrogen-bond acceptors (Lipinski definition) is 0. The summed E-state index contributed by atoms with van der Waals surface area (Å²) < 4.78 is 0. The van der Waals surface area contributed by atoms with Crippen LogP contribution < -0.4 is 0 Å². The second kappa shape index (κ2) is 1.66. The van der Waals surface area contributed by atoms with Gasteiger partial charge in [0.05, 0.1) is 0 Å². The molecule has 0 aromatic heterocycles. The number of hydrogen-bond donors (Lipinski definition) is 0. The fourth-order valence-corrected chi connectivity index (χ4v) is 2.24. The molecule has 12 heavy (non-hydrogen) atoms. The predicted molar refractivity (Wildman–Crippen MR) is 50.5 cm³/mol. The average molecular weight is 155 g/mol. The van der Waals surface area contributed by atoms with Gasteiger partial charge in [-0.3, -0.25) is 0 Å². The normalized spacial score (nSPS) is 22.2. The standard InChI is InChI=1S/C12H11/c1-12(2)10-7-8-5-3-4-6-9(8)11(10)12/h3-7H,1-2H3. The van der Waals surface area contributed by atoms with Crippen molar-refractivity contribution in [1.29, 1.82) is 0 Å². The molecule has 1 aromatic rings. The van der Waals surface area contributed by atoms with E-state index in [4.69, 9.17) is 0 Å². The third-order valence-electron chi connectivity index (χ3n) is 3.04. The minimum Gasteiger partial charge on any atom is -0.0619 e. The van der Waals surface area contributed by atoms with Crippen LogP contribution in [0.5, 0.6) is 0 Å². The van der Waals surface area contributed by atoms with E-state index < -0.39 is 0 Å². The minimum absolute atomic E-state index is 0.383. The zero-order valence-corrected chi connectivity index (χ0v) is 7.39. The molecule has 0 bridgehead atoms. The summed E-state index contributed by atoms with van der Waals surface area (Å²) in [7, 11) is 0. The maximum Gasteiger partial charge on any atom is 0.0176 e. The van der Waals surface area contributed by atoms with E-state index in [-0.39, 0.29) is 0 Å². The molecular formula is C12H11. The molecule has 1 aromatic carbocycles. The van der Waals surface area contributed by atoms with Gasteiger partial charge >= 0.3 is 0 Å². The molecule has 0 atom stereocenters. The summed E-state index contributed by atoms with van der Waals surface area (Å²) in [6, 6.07) is 8.64. The van der Waals surface area contributed by atoms with Crippen LogP contribution in [-0.2, 0) is 0 Å². The van der Waals surface area contributed by atoms with Gasteiger partial charge in [-0.05, 0) is 22.3 Å². The molecule has 0 unspecified atom stereocenters. The highest BCUT2D eigenvalue weighted by atomic mass is 14.5. The Bertz CT molecular complexity index is 394. The third kappa shape index (κ3) is 0.556. The maximum atomic E-state index is 2.32. The first-order chi connectivity index (χ1) is 5.71. The quantitative estimate of drug-likeness (QED) is 0.540. The molecule has 3 rings (SSSR count). The molecule has 2 aliphatic carbocycles. The first kappa shape index (κ1) is 6.47. The maximum absolute atomic E-state index is 2.32. The lowest BCUT2D eigenvalue weighted by Gasteiger charge is -2.13. The number of benzene rings is 1. The molecule has 0 saturated carbocycles. The van der Waals surface area contributed by atoms with Crippen LogP contribution in [0.1, 0.15) is 25.0 Å². The highest BCUT2D eigenvalue weighted by Gasteiger charge is 2.49. The van der Waals surface area contributed by atoms with Crippen LogP contribution >= 0.6 is 0 Å². The largest absolute Gasteiger partial charge is 0.0619 e. The van der Waals surface area contributed by atoms with Gasteiger partial charge in [0.2, 0.25) is 0 Å². The first-order valence-electron chi connectivity index (χ1n) is 4.40. The van der Waals surface area contributed by atoms with Crippen molar-refractivity contribution >= 4 is 5.57 Å². The Morgan fingerprint density at radius 1 is 1.08 bits per heavy atom. The van der Waals surface area contributed by atoms with Gasteiger partial charge in [0.15, 0.2) is 0 Å². The van der Waals surface area contributed by atoms with Crippen molar-refractivity contribution in [3.63, 3.8) is 0 Å². The molecule has 0 fully saturated rings. The van der Waals surface area contributed by atoms with E-state index in [1.165, 1.54) is 11.1 Å². The van der Waals surface area contributed by atoms with Crippen molar-refractivity contribution in [2.45, 2.75) is 13.8 Å². The van der Waals surface area contributed by atoms with E-state index in [1.807, 2.05) is 0 Å². The fraction of sp³-hybridized carbons (Fsp3) is 0.250. The molecule has 0 aliphatic heterocycles. The van der Waals surface area contributed by atoms with Crippen molar-refractivity contribution in [2.24, 2.45) is 5.41 Å². The molecule has 0 spiro atoms.